The van der Waals surface area contributed by atoms with Crippen molar-refractivity contribution in [1.82, 2.24) is 15.1 Å². The van der Waals surface area contributed by atoms with Crippen LogP contribution < -0.4 is 11.1 Å². The summed E-state index contributed by atoms with van der Waals surface area (Å²) in [5, 5.41) is 8.20. The lowest BCUT2D eigenvalue weighted by molar-refractivity contribution is -0.120. The van der Waals surface area contributed by atoms with Gasteiger partial charge in [-0.15, -0.1) is 0 Å². The predicted octanol–water partition coefficient (Wildman–Crippen LogP) is 2.54. The van der Waals surface area contributed by atoms with E-state index in [1.165, 1.54) is 12.8 Å². The molecule has 1 unspecified atom stereocenters. The SMILES string of the molecule is Cc1nn(-c2ccc(Cl)cc2)c(C)c1CC(=O)NCC(N)C1CC1. The van der Waals surface area contributed by atoms with Crippen LogP contribution in [0.15, 0.2) is 24.3 Å². The molecule has 2 aromatic rings. The smallest absolute Gasteiger partial charge is 0.224 e. The van der Waals surface area contributed by atoms with Crippen molar-refractivity contribution in [3.63, 3.8) is 0 Å². The molecular formula is C18H23ClN4O. The van der Waals surface area contributed by atoms with Gasteiger partial charge in [0, 0.05) is 28.9 Å². The average Bonchev–Trinajstić information content (AvgIpc) is 3.37. The van der Waals surface area contributed by atoms with Crippen LogP contribution in [0.1, 0.15) is 29.8 Å². The third-order valence-corrected chi connectivity index (χ3v) is 4.86. The number of hydrogen-bond donors (Lipinski definition) is 2. The number of benzene rings is 1. The molecule has 3 rings (SSSR count). The lowest BCUT2D eigenvalue weighted by Crippen LogP contribution is -2.39. The Morgan fingerprint density at radius 3 is 2.67 bits per heavy atom. The van der Waals surface area contributed by atoms with Crippen molar-refractivity contribution >= 4 is 17.5 Å². The van der Waals surface area contributed by atoms with Crippen molar-refractivity contribution < 1.29 is 4.79 Å². The summed E-state index contributed by atoms with van der Waals surface area (Å²) in [4.78, 5) is 12.2. The molecule has 128 valence electrons. The zero-order valence-electron chi connectivity index (χ0n) is 14.1. The van der Waals surface area contributed by atoms with Gasteiger partial charge in [0.1, 0.15) is 0 Å². The van der Waals surface area contributed by atoms with E-state index in [-0.39, 0.29) is 11.9 Å². The number of hydrogen-bond acceptors (Lipinski definition) is 3. The number of rotatable bonds is 6. The maximum atomic E-state index is 12.2. The Morgan fingerprint density at radius 1 is 1.38 bits per heavy atom. The number of halogens is 1. The van der Waals surface area contributed by atoms with Crippen molar-refractivity contribution in [1.29, 1.82) is 0 Å². The molecule has 1 aliphatic rings. The van der Waals surface area contributed by atoms with Crippen LogP contribution in [-0.4, -0.2) is 28.3 Å². The number of aromatic nitrogens is 2. The molecule has 3 N–H and O–H groups in total. The van der Waals surface area contributed by atoms with Crippen LogP contribution in [0.3, 0.4) is 0 Å². The van der Waals surface area contributed by atoms with Gasteiger partial charge in [-0.1, -0.05) is 11.6 Å². The minimum Gasteiger partial charge on any atom is -0.354 e. The zero-order chi connectivity index (χ0) is 17.3. The predicted molar refractivity (Wildman–Crippen MR) is 95.5 cm³/mol. The summed E-state index contributed by atoms with van der Waals surface area (Å²) < 4.78 is 1.85. The normalized spacial score (nSPS) is 15.3. The number of nitrogens with zero attached hydrogens (tertiary/aromatic N) is 2. The summed E-state index contributed by atoms with van der Waals surface area (Å²) in [5.74, 6) is 0.578. The maximum Gasteiger partial charge on any atom is 0.224 e. The van der Waals surface area contributed by atoms with Gasteiger partial charge >= 0.3 is 0 Å². The first-order chi connectivity index (χ1) is 11.5. The first-order valence-corrected chi connectivity index (χ1v) is 8.67. The molecule has 1 atom stereocenters. The average molecular weight is 347 g/mol. The second kappa shape index (κ2) is 6.95. The first kappa shape index (κ1) is 17.0. The Kier molecular flexibility index (Phi) is 4.92. The van der Waals surface area contributed by atoms with Crippen LogP contribution in [0.4, 0.5) is 0 Å². The fourth-order valence-electron chi connectivity index (χ4n) is 2.91. The van der Waals surface area contributed by atoms with Crippen molar-refractivity contribution in [2.75, 3.05) is 6.54 Å². The number of nitrogens with one attached hydrogen (secondary N) is 1. The molecule has 0 radical (unpaired) electrons. The molecule has 6 heteroatoms. The Bertz CT molecular complexity index is 734. The van der Waals surface area contributed by atoms with Crippen LogP contribution in [0.5, 0.6) is 0 Å². The highest BCUT2D eigenvalue weighted by Crippen LogP contribution is 2.31. The molecule has 0 aliphatic heterocycles. The van der Waals surface area contributed by atoms with Gasteiger partial charge in [-0.3, -0.25) is 4.79 Å². The van der Waals surface area contributed by atoms with Crippen LogP contribution >= 0.6 is 11.6 Å². The quantitative estimate of drug-likeness (QED) is 0.844. The highest BCUT2D eigenvalue weighted by Gasteiger charge is 2.28. The lowest BCUT2D eigenvalue weighted by atomic mass is 10.1. The first-order valence-electron chi connectivity index (χ1n) is 8.29. The minimum absolute atomic E-state index is 0.00652. The summed E-state index contributed by atoms with van der Waals surface area (Å²) in [6, 6.07) is 7.58. The largest absolute Gasteiger partial charge is 0.354 e. The molecular weight excluding hydrogens is 324 g/mol. The summed E-state index contributed by atoms with van der Waals surface area (Å²) in [5.41, 5.74) is 9.76. The minimum atomic E-state index is -0.00652. The fraction of sp³-hybridized carbons (Fsp3) is 0.444. The van der Waals surface area contributed by atoms with Gasteiger partial charge in [0.2, 0.25) is 5.91 Å². The highest BCUT2D eigenvalue weighted by atomic mass is 35.5. The highest BCUT2D eigenvalue weighted by molar-refractivity contribution is 6.30. The van der Waals surface area contributed by atoms with Gasteiger partial charge in [-0.2, -0.15) is 5.10 Å². The van der Waals surface area contributed by atoms with Gasteiger partial charge in [-0.25, -0.2) is 4.68 Å². The summed E-state index contributed by atoms with van der Waals surface area (Å²) in [6.45, 7) is 4.46. The topological polar surface area (TPSA) is 72.9 Å². The third-order valence-electron chi connectivity index (χ3n) is 4.61. The standard InChI is InChI=1S/C18H23ClN4O/c1-11-16(9-18(24)21-10-17(20)13-3-4-13)12(2)23(22-11)15-7-5-14(19)6-8-15/h5-8,13,17H,3-4,9-10,20H2,1-2H3,(H,21,24). The van der Waals surface area contributed by atoms with E-state index in [2.05, 4.69) is 10.4 Å². The van der Waals surface area contributed by atoms with E-state index in [0.717, 1.165) is 22.6 Å². The Labute approximate surface area is 147 Å². The van der Waals surface area contributed by atoms with Crippen molar-refractivity contribution in [3.05, 3.63) is 46.2 Å². The van der Waals surface area contributed by atoms with Gasteiger partial charge in [0.15, 0.2) is 0 Å². The van der Waals surface area contributed by atoms with Crippen molar-refractivity contribution in [2.24, 2.45) is 11.7 Å². The number of carbonyl (C=O) groups excluding carboxylic acids is 1. The van der Waals surface area contributed by atoms with Crippen LogP contribution in [0.25, 0.3) is 5.69 Å². The molecule has 1 aromatic heterocycles. The molecule has 24 heavy (non-hydrogen) atoms. The van der Waals surface area contributed by atoms with Crippen LogP contribution in [-0.2, 0) is 11.2 Å². The lowest BCUT2D eigenvalue weighted by Gasteiger charge is -2.11. The molecule has 0 bridgehead atoms. The van der Waals surface area contributed by atoms with Crippen molar-refractivity contribution in [2.45, 2.75) is 39.2 Å². The fourth-order valence-corrected chi connectivity index (χ4v) is 3.04. The van der Waals surface area contributed by atoms with Crippen LogP contribution in [0, 0.1) is 19.8 Å². The van der Waals surface area contributed by atoms with Crippen LogP contribution in [0.2, 0.25) is 5.02 Å². The number of carbonyl (C=O) groups is 1. The molecule has 0 spiro atoms. The number of nitrogens with two attached hydrogens (primary N) is 1. The molecule has 1 aromatic carbocycles. The Balaban J connectivity index is 1.69. The van der Waals surface area contributed by atoms with Gasteiger partial charge in [0.25, 0.3) is 0 Å². The van der Waals surface area contributed by atoms with Gasteiger partial charge in [0.05, 0.1) is 17.8 Å². The van der Waals surface area contributed by atoms with E-state index < -0.39 is 0 Å². The number of amides is 1. The second-order valence-corrected chi connectivity index (χ2v) is 6.96. The zero-order valence-corrected chi connectivity index (χ0v) is 14.8. The van der Waals surface area contributed by atoms with Gasteiger partial charge in [-0.05, 0) is 56.9 Å². The summed E-state index contributed by atoms with van der Waals surface area (Å²) in [7, 11) is 0. The Morgan fingerprint density at radius 2 is 2.04 bits per heavy atom. The van der Waals surface area contributed by atoms with E-state index >= 15 is 0 Å². The van der Waals surface area contributed by atoms with E-state index in [1.54, 1.807) is 0 Å². The van der Waals surface area contributed by atoms with E-state index in [4.69, 9.17) is 17.3 Å². The summed E-state index contributed by atoms with van der Waals surface area (Å²) in [6.07, 6.45) is 2.69. The molecule has 1 aliphatic carbocycles. The van der Waals surface area contributed by atoms with E-state index in [1.807, 2.05) is 42.8 Å². The molecule has 1 fully saturated rings. The number of aryl methyl sites for hydroxylation is 1. The second-order valence-electron chi connectivity index (χ2n) is 6.52. The maximum absolute atomic E-state index is 12.2. The molecule has 1 heterocycles. The van der Waals surface area contributed by atoms with E-state index in [0.29, 0.717) is 23.9 Å². The monoisotopic (exact) mass is 346 g/mol. The Hall–Kier alpha value is -1.85. The molecule has 1 saturated carbocycles. The van der Waals surface area contributed by atoms with Gasteiger partial charge < -0.3 is 11.1 Å². The molecule has 1 amide bonds. The summed E-state index contributed by atoms with van der Waals surface area (Å²) >= 11 is 5.94. The molecule has 5 nitrogen and oxygen atoms in total. The third kappa shape index (κ3) is 3.79. The van der Waals surface area contributed by atoms with E-state index in [9.17, 15) is 4.79 Å². The van der Waals surface area contributed by atoms with Crippen molar-refractivity contribution in [3.8, 4) is 5.69 Å². The molecule has 0 saturated heterocycles.